The van der Waals surface area contributed by atoms with E-state index in [9.17, 15) is 9.18 Å². The van der Waals surface area contributed by atoms with Crippen molar-refractivity contribution in [3.8, 4) is 16.9 Å². The molecule has 30 heavy (non-hydrogen) atoms. The molecule has 0 aliphatic carbocycles. The van der Waals surface area contributed by atoms with Gasteiger partial charge >= 0.3 is 0 Å². The van der Waals surface area contributed by atoms with E-state index in [-0.39, 0.29) is 11.5 Å². The minimum absolute atomic E-state index is 0.151. The number of carbonyl (C=O) groups excluding carboxylic acids is 1. The quantitative estimate of drug-likeness (QED) is 0.541. The molecular formula is C22H20FN5O2. The number of ether oxygens (including phenoxy) is 1. The zero-order chi connectivity index (χ0) is 21.3. The molecule has 0 aliphatic heterocycles. The van der Waals surface area contributed by atoms with Crippen LogP contribution in [0.25, 0.3) is 16.8 Å². The maximum atomic E-state index is 13.1. The summed E-state index contributed by atoms with van der Waals surface area (Å²) in [5.41, 5.74) is 4.44. The van der Waals surface area contributed by atoms with Crippen LogP contribution in [0, 0.1) is 12.7 Å². The highest BCUT2D eigenvalue weighted by molar-refractivity contribution is 6.03. The third kappa shape index (κ3) is 3.47. The number of anilines is 1. The smallest absolute Gasteiger partial charge is 0.278 e. The maximum absolute atomic E-state index is 13.1. The number of fused-ring (bicyclic) bond motifs is 1. The van der Waals surface area contributed by atoms with E-state index in [1.165, 1.54) is 24.3 Å². The molecule has 0 atom stereocenters. The number of hydrogen-bond acceptors (Lipinski definition) is 5. The second-order valence-corrected chi connectivity index (χ2v) is 6.73. The van der Waals surface area contributed by atoms with Crippen LogP contribution in [0.15, 0.2) is 48.5 Å². The third-order valence-electron chi connectivity index (χ3n) is 4.87. The fourth-order valence-corrected chi connectivity index (χ4v) is 3.28. The van der Waals surface area contributed by atoms with Crippen molar-refractivity contribution in [1.29, 1.82) is 0 Å². The summed E-state index contributed by atoms with van der Waals surface area (Å²) in [6, 6.07) is 13.2. The molecule has 1 N–H and O–H groups in total. The van der Waals surface area contributed by atoms with Crippen molar-refractivity contribution in [2.75, 3.05) is 12.4 Å². The molecule has 152 valence electrons. The summed E-state index contributed by atoms with van der Waals surface area (Å²) in [5.74, 6) is -0.0524. The number of carbonyl (C=O) groups is 1. The summed E-state index contributed by atoms with van der Waals surface area (Å²) in [4.78, 5) is 12.7. The lowest BCUT2D eigenvalue weighted by Crippen LogP contribution is -2.18. The molecule has 0 saturated heterocycles. The van der Waals surface area contributed by atoms with Gasteiger partial charge in [0.1, 0.15) is 11.6 Å². The lowest BCUT2D eigenvalue weighted by atomic mass is 10.0. The minimum atomic E-state index is -0.437. The number of aromatic nitrogens is 4. The molecule has 1 amide bonds. The first-order valence-corrected chi connectivity index (χ1v) is 9.48. The highest BCUT2D eigenvalue weighted by Gasteiger charge is 2.21. The van der Waals surface area contributed by atoms with Crippen LogP contribution in [0.2, 0.25) is 0 Å². The monoisotopic (exact) mass is 405 g/mol. The average molecular weight is 405 g/mol. The molecule has 0 unspecified atom stereocenters. The van der Waals surface area contributed by atoms with Gasteiger partial charge < -0.3 is 10.1 Å². The fourth-order valence-electron chi connectivity index (χ4n) is 3.28. The first-order chi connectivity index (χ1) is 14.5. The zero-order valence-corrected chi connectivity index (χ0v) is 16.8. The Balaban J connectivity index is 1.75. The van der Waals surface area contributed by atoms with Gasteiger partial charge in [-0.1, -0.05) is 19.1 Å². The maximum Gasteiger partial charge on any atom is 0.278 e. The fraction of sp³-hybridized carbons (Fsp3) is 0.182. The summed E-state index contributed by atoms with van der Waals surface area (Å²) < 4.78 is 20.0. The van der Waals surface area contributed by atoms with E-state index >= 15 is 0 Å². The summed E-state index contributed by atoms with van der Waals surface area (Å²) >= 11 is 0. The summed E-state index contributed by atoms with van der Waals surface area (Å²) in [7, 11) is 1.62. The van der Waals surface area contributed by atoms with Crippen LogP contribution in [0.3, 0.4) is 0 Å². The van der Waals surface area contributed by atoms with Crippen molar-refractivity contribution < 1.29 is 13.9 Å². The van der Waals surface area contributed by atoms with Crippen molar-refractivity contribution in [2.45, 2.75) is 20.3 Å². The Kier molecular flexibility index (Phi) is 5.14. The van der Waals surface area contributed by atoms with E-state index in [0.29, 0.717) is 23.4 Å². The normalized spacial score (nSPS) is 10.9. The van der Waals surface area contributed by atoms with Gasteiger partial charge in [0.2, 0.25) is 0 Å². The number of rotatable bonds is 5. The standard InChI is InChI=1S/C22H20FN5O2/c1-4-18-19(14-5-11-17(30-3)12-6-14)21-26-25-20(13(2)28(21)27-18)22(29)24-16-9-7-15(23)8-10-16/h5-12H,4H2,1-3H3,(H,24,29). The van der Waals surface area contributed by atoms with Gasteiger partial charge in [0, 0.05) is 5.69 Å². The Morgan fingerprint density at radius 2 is 1.80 bits per heavy atom. The molecule has 0 radical (unpaired) electrons. The van der Waals surface area contributed by atoms with E-state index in [2.05, 4.69) is 20.6 Å². The minimum Gasteiger partial charge on any atom is -0.497 e. The first-order valence-electron chi connectivity index (χ1n) is 9.48. The van der Waals surface area contributed by atoms with Gasteiger partial charge in [0.25, 0.3) is 5.91 Å². The largest absolute Gasteiger partial charge is 0.497 e. The molecule has 2 aromatic heterocycles. The molecule has 2 aromatic carbocycles. The van der Waals surface area contributed by atoms with E-state index in [4.69, 9.17) is 4.74 Å². The van der Waals surface area contributed by atoms with Crippen LogP contribution >= 0.6 is 0 Å². The van der Waals surface area contributed by atoms with Crippen molar-refractivity contribution in [1.82, 2.24) is 19.8 Å². The van der Waals surface area contributed by atoms with E-state index in [1.54, 1.807) is 18.5 Å². The van der Waals surface area contributed by atoms with Gasteiger partial charge in [-0.3, -0.25) is 4.79 Å². The first kappa shape index (κ1) is 19.5. The lowest BCUT2D eigenvalue weighted by molar-refractivity contribution is 0.102. The Morgan fingerprint density at radius 1 is 1.10 bits per heavy atom. The summed E-state index contributed by atoms with van der Waals surface area (Å²) in [6.45, 7) is 3.78. The van der Waals surface area contributed by atoms with E-state index in [1.807, 2.05) is 31.2 Å². The second kappa shape index (κ2) is 7.90. The van der Waals surface area contributed by atoms with Gasteiger partial charge in [-0.2, -0.15) is 5.10 Å². The van der Waals surface area contributed by atoms with Crippen LogP contribution in [0.1, 0.15) is 28.8 Å². The molecule has 8 heteroatoms. The number of nitrogens with one attached hydrogen (secondary N) is 1. The predicted molar refractivity (Wildman–Crippen MR) is 111 cm³/mol. The topological polar surface area (TPSA) is 81.4 Å². The molecule has 0 fully saturated rings. The number of halogens is 1. The predicted octanol–water partition coefficient (Wildman–Crippen LogP) is 4.06. The van der Waals surface area contributed by atoms with Crippen LogP contribution in [0.4, 0.5) is 10.1 Å². The van der Waals surface area contributed by atoms with Gasteiger partial charge in [-0.25, -0.2) is 8.91 Å². The van der Waals surface area contributed by atoms with E-state index < -0.39 is 5.91 Å². The number of hydrogen-bond donors (Lipinski definition) is 1. The Morgan fingerprint density at radius 3 is 2.43 bits per heavy atom. The molecule has 0 aliphatic rings. The van der Waals surface area contributed by atoms with Crippen molar-refractivity contribution in [2.24, 2.45) is 0 Å². The molecule has 2 heterocycles. The number of amides is 1. The molecule has 0 spiro atoms. The van der Waals surface area contributed by atoms with Gasteiger partial charge in [-0.15, -0.1) is 10.2 Å². The van der Waals surface area contributed by atoms with Gasteiger partial charge in [0.15, 0.2) is 11.3 Å². The molecular weight excluding hydrogens is 385 g/mol. The molecule has 0 saturated carbocycles. The molecule has 4 rings (SSSR count). The van der Waals surface area contributed by atoms with E-state index in [0.717, 1.165) is 22.6 Å². The van der Waals surface area contributed by atoms with Gasteiger partial charge in [0.05, 0.1) is 24.1 Å². The molecule has 4 aromatic rings. The molecule has 7 nitrogen and oxygen atoms in total. The Bertz CT molecular complexity index is 1220. The lowest BCUT2D eigenvalue weighted by Gasteiger charge is -2.08. The highest BCUT2D eigenvalue weighted by atomic mass is 19.1. The number of methoxy groups -OCH3 is 1. The number of benzene rings is 2. The van der Waals surface area contributed by atoms with Crippen molar-refractivity contribution in [3.63, 3.8) is 0 Å². The summed E-state index contributed by atoms with van der Waals surface area (Å²) in [5, 5.41) is 15.8. The average Bonchev–Trinajstić information content (AvgIpc) is 3.15. The number of nitrogens with zero attached hydrogens (tertiary/aromatic N) is 4. The van der Waals surface area contributed by atoms with Gasteiger partial charge in [-0.05, 0) is 55.3 Å². The highest BCUT2D eigenvalue weighted by Crippen LogP contribution is 2.30. The van der Waals surface area contributed by atoms with Crippen LogP contribution in [0.5, 0.6) is 5.75 Å². The number of aryl methyl sites for hydroxylation is 2. The van der Waals surface area contributed by atoms with Crippen LogP contribution < -0.4 is 10.1 Å². The van der Waals surface area contributed by atoms with Crippen LogP contribution in [-0.2, 0) is 6.42 Å². The van der Waals surface area contributed by atoms with Crippen molar-refractivity contribution >= 4 is 17.2 Å². The summed E-state index contributed by atoms with van der Waals surface area (Å²) in [6.07, 6.45) is 0.696. The SMILES string of the molecule is CCc1nn2c(C)c(C(=O)Nc3ccc(F)cc3)nnc2c1-c1ccc(OC)cc1. The van der Waals surface area contributed by atoms with Crippen molar-refractivity contribution in [3.05, 3.63) is 71.4 Å². The van der Waals surface area contributed by atoms with Crippen LogP contribution in [-0.4, -0.2) is 32.8 Å². The molecule has 0 bridgehead atoms. The third-order valence-corrected chi connectivity index (χ3v) is 4.87. The second-order valence-electron chi connectivity index (χ2n) is 6.73. The zero-order valence-electron chi connectivity index (χ0n) is 16.8. The Labute approximate surface area is 172 Å². The Hall–Kier alpha value is -3.81.